The molecule has 0 spiro atoms. The Kier molecular flexibility index (Phi) is 3.12. The molecule has 3 rings (SSSR count). The summed E-state index contributed by atoms with van der Waals surface area (Å²) >= 11 is 1.34. The maximum absolute atomic E-state index is 11.8. The van der Waals surface area contributed by atoms with Crippen molar-refractivity contribution in [2.75, 3.05) is 5.32 Å². The van der Waals surface area contributed by atoms with Crippen LogP contribution in [0.15, 0.2) is 54.6 Å². The number of aromatic nitrogens is 1. The number of benzene rings is 2. The van der Waals surface area contributed by atoms with Gasteiger partial charge in [0.1, 0.15) is 5.75 Å². The quantitative estimate of drug-likeness (QED) is 0.768. The van der Waals surface area contributed by atoms with Crippen LogP contribution >= 0.6 is 11.5 Å². The molecule has 1 heterocycles. The number of nitrogens with one attached hydrogen (secondary N) is 1. The number of nitrogens with zero attached hydrogens (tertiary/aromatic N) is 1. The van der Waals surface area contributed by atoms with Crippen LogP contribution in [0.4, 0.5) is 10.6 Å². The number of rotatable bonds is 2. The maximum atomic E-state index is 11.8. The Bertz CT molecular complexity index is 710. The molecule has 0 atom stereocenters. The fourth-order valence-electron chi connectivity index (χ4n) is 1.69. The molecule has 0 radical (unpaired) electrons. The molecule has 0 aliphatic rings. The normalized spacial score (nSPS) is 10.3. The molecule has 0 unspecified atom stereocenters. The lowest BCUT2D eigenvalue weighted by Gasteiger charge is -2.04. The molecule has 1 amide bonds. The van der Waals surface area contributed by atoms with Crippen LogP contribution in [0.3, 0.4) is 0 Å². The first-order chi connectivity index (χ1) is 9.33. The Balaban J connectivity index is 1.76. The molecule has 3 aromatic rings. The number of ether oxygens (including phenoxy) is 1. The van der Waals surface area contributed by atoms with Gasteiger partial charge in [-0.25, -0.2) is 4.79 Å². The van der Waals surface area contributed by atoms with E-state index in [1.54, 1.807) is 24.3 Å². The third-order valence-electron chi connectivity index (χ3n) is 2.55. The Hall–Kier alpha value is -2.40. The van der Waals surface area contributed by atoms with Crippen molar-refractivity contribution in [2.24, 2.45) is 0 Å². The van der Waals surface area contributed by atoms with Crippen LogP contribution in [0, 0.1) is 0 Å². The summed E-state index contributed by atoms with van der Waals surface area (Å²) in [5, 5.41) is 3.57. The van der Waals surface area contributed by atoms with E-state index in [1.807, 2.05) is 30.3 Å². The zero-order valence-corrected chi connectivity index (χ0v) is 10.7. The molecular weight excluding hydrogens is 260 g/mol. The highest BCUT2D eigenvalue weighted by atomic mass is 32.1. The van der Waals surface area contributed by atoms with Crippen molar-refractivity contribution in [3.8, 4) is 5.75 Å². The number of hydrogen-bond donors (Lipinski definition) is 1. The van der Waals surface area contributed by atoms with Gasteiger partial charge in [0.25, 0.3) is 0 Å². The van der Waals surface area contributed by atoms with E-state index in [9.17, 15) is 4.79 Å². The molecule has 0 fully saturated rings. The molecule has 2 aromatic carbocycles. The lowest BCUT2D eigenvalue weighted by Crippen LogP contribution is -2.16. The predicted octanol–water partition coefficient (Wildman–Crippen LogP) is 3.91. The van der Waals surface area contributed by atoms with Crippen LogP contribution < -0.4 is 10.1 Å². The van der Waals surface area contributed by atoms with Crippen molar-refractivity contribution in [3.63, 3.8) is 0 Å². The minimum atomic E-state index is -0.540. The number of carbonyl (C=O) groups is 1. The maximum Gasteiger partial charge on any atom is 0.418 e. The van der Waals surface area contributed by atoms with Crippen molar-refractivity contribution in [1.82, 2.24) is 4.37 Å². The summed E-state index contributed by atoms with van der Waals surface area (Å²) in [6.07, 6.45) is -0.540. The van der Waals surface area contributed by atoms with E-state index in [0.29, 0.717) is 11.6 Å². The fourth-order valence-corrected chi connectivity index (χ4v) is 2.43. The van der Waals surface area contributed by atoms with Gasteiger partial charge < -0.3 is 4.74 Å². The Morgan fingerprint density at radius 2 is 1.79 bits per heavy atom. The molecule has 94 valence electrons. The first-order valence-electron chi connectivity index (χ1n) is 5.71. The van der Waals surface area contributed by atoms with E-state index in [0.717, 1.165) is 10.1 Å². The van der Waals surface area contributed by atoms with Crippen molar-refractivity contribution >= 4 is 33.5 Å². The lowest BCUT2D eigenvalue weighted by molar-refractivity contribution is 0.215. The van der Waals surface area contributed by atoms with Crippen molar-refractivity contribution in [1.29, 1.82) is 0 Å². The highest BCUT2D eigenvalue weighted by Gasteiger charge is 2.10. The monoisotopic (exact) mass is 270 g/mol. The fraction of sp³-hybridized carbons (Fsp3) is 0. The summed E-state index contributed by atoms with van der Waals surface area (Å²) in [5.74, 6) is 1.03. The first kappa shape index (κ1) is 11.7. The second-order valence-corrected chi connectivity index (χ2v) is 4.66. The van der Waals surface area contributed by atoms with E-state index < -0.39 is 6.09 Å². The van der Waals surface area contributed by atoms with E-state index in [1.165, 1.54) is 11.5 Å². The van der Waals surface area contributed by atoms with Gasteiger partial charge in [-0.05, 0) is 35.8 Å². The molecule has 19 heavy (non-hydrogen) atoms. The average Bonchev–Trinajstić information content (AvgIpc) is 2.83. The number of carbonyl (C=O) groups excluding carboxylic acids is 1. The van der Waals surface area contributed by atoms with E-state index in [-0.39, 0.29) is 0 Å². The number of anilines is 1. The van der Waals surface area contributed by atoms with Crippen molar-refractivity contribution in [2.45, 2.75) is 0 Å². The molecule has 0 aliphatic heterocycles. The van der Waals surface area contributed by atoms with Gasteiger partial charge in [-0.3, -0.25) is 5.32 Å². The minimum absolute atomic E-state index is 0.500. The minimum Gasteiger partial charge on any atom is -0.410 e. The molecule has 0 aliphatic carbocycles. The molecular formula is C14H10N2O2S. The topological polar surface area (TPSA) is 51.2 Å². The van der Waals surface area contributed by atoms with E-state index in [4.69, 9.17) is 4.74 Å². The second kappa shape index (κ2) is 5.07. The summed E-state index contributed by atoms with van der Waals surface area (Å²) in [5.41, 5.74) is 0. The van der Waals surface area contributed by atoms with E-state index >= 15 is 0 Å². The van der Waals surface area contributed by atoms with Crippen LogP contribution in [0.25, 0.3) is 10.1 Å². The smallest absolute Gasteiger partial charge is 0.410 e. The summed E-state index contributed by atoms with van der Waals surface area (Å²) in [7, 11) is 0. The Labute approximate surface area is 113 Å². The van der Waals surface area contributed by atoms with Gasteiger partial charge in [0, 0.05) is 5.39 Å². The molecule has 0 saturated carbocycles. The zero-order valence-electron chi connectivity index (χ0n) is 9.87. The van der Waals surface area contributed by atoms with Crippen LogP contribution in [0.5, 0.6) is 5.75 Å². The van der Waals surface area contributed by atoms with Gasteiger partial charge in [0.15, 0.2) is 5.82 Å². The van der Waals surface area contributed by atoms with Gasteiger partial charge in [0.2, 0.25) is 0 Å². The standard InChI is InChI=1S/C14H10N2O2S/c17-14(18-10-6-2-1-3-7-10)15-13-11-8-4-5-9-12(11)19-16-13/h1-9H,(H,15,16,17). The molecule has 0 bridgehead atoms. The van der Waals surface area contributed by atoms with Gasteiger partial charge in [-0.15, -0.1) is 0 Å². The summed E-state index contributed by atoms with van der Waals surface area (Å²) in [6, 6.07) is 16.6. The van der Waals surface area contributed by atoms with E-state index in [2.05, 4.69) is 9.69 Å². The number of amides is 1. The highest BCUT2D eigenvalue weighted by Crippen LogP contribution is 2.26. The predicted molar refractivity (Wildman–Crippen MR) is 75.7 cm³/mol. The number of fused-ring (bicyclic) bond motifs is 1. The molecule has 1 N–H and O–H groups in total. The first-order valence-corrected chi connectivity index (χ1v) is 6.48. The SMILES string of the molecule is O=C(Nc1nsc2ccccc12)Oc1ccccc1. The van der Waals surface area contributed by atoms with Gasteiger partial charge in [0.05, 0.1) is 4.70 Å². The molecule has 4 nitrogen and oxygen atoms in total. The summed E-state index contributed by atoms with van der Waals surface area (Å²) in [6.45, 7) is 0. The number of hydrogen-bond acceptors (Lipinski definition) is 4. The zero-order chi connectivity index (χ0) is 13.1. The van der Waals surface area contributed by atoms with Gasteiger partial charge >= 0.3 is 6.09 Å². The molecule has 5 heteroatoms. The summed E-state index contributed by atoms with van der Waals surface area (Å²) < 4.78 is 10.4. The second-order valence-electron chi connectivity index (χ2n) is 3.85. The Morgan fingerprint density at radius 1 is 1.05 bits per heavy atom. The average molecular weight is 270 g/mol. The highest BCUT2D eigenvalue weighted by molar-refractivity contribution is 7.13. The summed E-state index contributed by atoms with van der Waals surface area (Å²) in [4.78, 5) is 11.8. The van der Waals surface area contributed by atoms with Gasteiger partial charge in [-0.1, -0.05) is 30.3 Å². The van der Waals surface area contributed by atoms with Gasteiger partial charge in [-0.2, -0.15) is 4.37 Å². The van der Waals surface area contributed by atoms with Crippen LogP contribution in [0.2, 0.25) is 0 Å². The Morgan fingerprint density at radius 3 is 2.63 bits per heavy atom. The lowest BCUT2D eigenvalue weighted by atomic mass is 10.3. The van der Waals surface area contributed by atoms with Crippen molar-refractivity contribution in [3.05, 3.63) is 54.6 Å². The molecule has 1 aromatic heterocycles. The van der Waals surface area contributed by atoms with Crippen molar-refractivity contribution < 1.29 is 9.53 Å². The third-order valence-corrected chi connectivity index (χ3v) is 3.38. The third kappa shape index (κ3) is 2.56. The van der Waals surface area contributed by atoms with Crippen LogP contribution in [-0.2, 0) is 0 Å². The van der Waals surface area contributed by atoms with Crippen LogP contribution in [-0.4, -0.2) is 10.5 Å². The van der Waals surface area contributed by atoms with Crippen LogP contribution in [0.1, 0.15) is 0 Å². The number of para-hydroxylation sites is 1. The molecule has 0 saturated heterocycles. The largest absolute Gasteiger partial charge is 0.418 e.